The van der Waals surface area contributed by atoms with Crippen molar-refractivity contribution in [2.45, 2.75) is 11.0 Å². The minimum absolute atomic E-state index is 0.0302. The molecule has 0 unspecified atom stereocenters. The lowest BCUT2D eigenvalue weighted by Gasteiger charge is -2.28. The minimum atomic E-state index is -3.36. The third-order valence-electron chi connectivity index (χ3n) is 4.46. The average molecular weight is 481 g/mol. The summed E-state index contributed by atoms with van der Waals surface area (Å²) in [5, 5.41) is 8.16. The van der Waals surface area contributed by atoms with Crippen LogP contribution in [0.2, 0.25) is 5.02 Å². The molecule has 4 rings (SSSR count). The Hall–Kier alpha value is -2.73. The number of amides is 3. The molecule has 2 heterocycles. The van der Waals surface area contributed by atoms with E-state index in [1.54, 1.807) is 12.1 Å². The van der Waals surface area contributed by atoms with Gasteiger partial charge in [0.05, 0.1) is 25.7 Å². The number of nitrogens with one attached hydrogen (secondary N) is 3. The van der Waals surface area contributed by atoms with E-state index in [1.807, 2.05) is 0 Å². The Bertz CT molecular complexity index is 1290. The number of aromatic nitrogens is 1. The topological polar surface area (TPSA) is 126 Å². The lowest BCUT2D eigenvalue weighted by Crippen LogP contribution is -2.50. The molecule has 1 saturated heterocycles. The Morgan fingerprint density at radius 2 is 2.00 bits per heavy atom. The van der Waals surface area contributed by atoms with Crippen LogP contribution >= 0.6 is 22.9 Å². The number of fused-ring (bicyclic) bond motifs is 1. The van der Waals surface area contributed by atoms with E-state index in [4.69, 9.17) is 16.3 Å². The van der Waals surface area contributed by atoms with Crippen molar-refractivity contribution in [2.24, 2.45) is 0 Å². The molecule has 9 nitrogen and oxygen atoms in total. The molecule has 1 aromatic heterocycles. The monoisotopic (exact) mass is 480 g/mol. The standard InChI is InChI=1S/C19H17ClN4O5S2/c1-31(27,28)12-3-5-15-16(7-12)30-19(22-15)24-18(26)23-17(25)13-6-10(2-4-14(13)20)29-11-8-21-9-11/h2-7,11,21H,8-9H2,1H3,(H2,22,23,24,25,26). The number of carbonyl (C=O) groups is 2. The lowest BCUT2D eigenvalue weighted by atomic mass is 10.2. The summed E-state index contributed by atoms with van der Waals surface area (Å²) in [6.07, 6.45) is 1.14. The molecule has 0 saturated carbocycles. The number of urea groups is 1. The second-order valence-corrected chi connectivity index (χ2v) is 10.3. The minimum Gasteiger partial charge on any atom is -0.488 e. The van der Waals surface area contributed by atoms with Crippen molar-refractivity contribution in [2.75, 3.05) is 24.7 Å². The Kier molecular flexibility index (Phi) is 5.84. The van der Waals surface area contributed by atoms with Gasteiger partial charge in [0.2, 0.25) is 0 Å². The van der Waals surface area contributed by atoms with Gasteiger partial charge in [0.15, 0.2) is 15.0 Å². The van der Waals surface area contributed by atoms with Gasteiger partial charge in [0.25, 0.3) is 5.91 Å². The van der Waals surface area contributed by atoms with E-state index in [1.165, 1.54) is 24.3 Å². The van der Waals surface area contributed by atoms with Crippen LogP contribution < -0.4 is 20.7 Å². The number of nitrogens with zero attached hydrogens (tertiary/aromatic N) is 1. The Balaban J connectivity index is 1.44. The summed E-state index contributed by atoms with van der Waals surface area (Å²) >= 11 is 7.19. The number of imide groups is 1. The molecule has 1 aliphatic heterocycles. The van der Waals surface area contributed by atoms with Crippen LogP contribution in [0.25, 0.3) is 10.2 Å². The van der Waals surface area contributed by atoms with Gasteiger partial charge in [-0.15, -0.1) is 0 Å². The molecule has 3 aromatic rings. The number of benzene rings is 2. The number of carbonyl (C=O) groups excluding carboxylic acids is 2. The molecule has 0 radical (unpaired) electrons. The number of hydrogen-bond acceptors (Lipinski definition) is 8. The van der Waals surface area contributed by atoms with E-state index in [0.717, 1.165) is 30.7 Å². The van der Waals surface area contributed by atoms with Crippen LogP contribution in [0.4, 0.5) is 9.93 Å². The zero-order valence-corrected chi connectivity index (χ0v) is 18.5. The second kappa shape index (κ2) is 8.42. The zero-order chi connectivity index (χ0) is 22.2. The van der Waals surface area contributed by atoms with Gasteiger partial charge in [-0.1, -0.05) is 22.9 Å². The highest BCUT2D eigenvalue weighted by atomic mass is 35.5. The first kappa shape index (κ1) is 21.5. The molecule has 2 aromatic carbocycles. The van der Waals surface area contributed by atoms with Crippen molar-refractivity contribution < 1.29 is 22.7 Å². The molecule has 12 heteroatoms. The Morgan fingerprint density at radius 3 is 2.68 bits per heavy atom. The van der Waals surface area contributed by atoms with Gasteiger partial charge >= 0.3 is 6.03 Å². The molecule has 0 atom stereocenters. The molecule has 162 valence electrons. The van der Waals surface area contributed by atoms with Gasteiger partial charge in [-0.25, -0.2) is 18.2 Å². The number of sulfone groups is 1. The molecule has 0 bridgehead atoms. The summed E-state index contributed by atoms with van der Waals surface area (Å²) in [5.74, 6) is -0.213. The van der Waals surface area contributed by atoms with Gasteiger partial charge in [0, 0.05) is 19.3 Å². The number of rotatable bonds is 5. The van der Waals surface area contributed by atoms with Gasteiger partial charge in [-0.3, -0.25) is 15.4 Å². The van der Waals surface area contributed by atoms with E-state index in [0.29, 0.717) is 16.0 Å². The first-order chi connectivity index (χ1) is 14.7. The van der Waals surface area contributed by atoms with Crippen molar-refractivity contribution in [1.29, 1.82) is 0 Å². The van der Waals surface area contributed by atoms with Gasteiger partial charge in [-0.2, -0.15) is 0 Å². The van der Waals surface area contributed by atoms with Crippen LogP contribution in [-0.2, 0) is 9.84 Å². The van der Waals surface area contributed by atoms with Crippen molar-refractivity contribution in [3.05, 3.63) is 47.0 Å². The fraction of sp³-hybridized carbons (Fsp3) is 0.211. The fourth-order valence-corrected chi connectivity index (χ4v) is 4.60. The van der Waals surface area contributed by atoms with E-state index >= 15 is 0 Å². The molecule has 1 aliphatic rings. The predicted molar refractivity (Wildman–Crippen MR) is 118 cm³/mol. The highest BCUT2D eigenvalue weighted by Crippen LogP contribution is 2.28. The highest BCUT2D eigenvalue weighted by Gasteiger charge is 2.21. The Labute approximate surface area is 186 Å². The maximum atomic E-state index is 12.5. The molecule has 1 fully saturated rings. The van der Waals surface area contributed by atoms with Crippen LogP contribution in [0, 0.1) is 0 Å². The largest absolute Gasteiger partial charge is 0.488 e. The smallest absolute Gasteiger partial charge is 0.327 e. The van der Waals surface area contributed by atoms with E-state index in [-0.39, 0.29) is 26.7 Å². The molecule has 3 amide bonds. The SMILES string of the molecule is CS(=O)(=O)c1ccc2nc(NC(=O)NC(=O)c3cc(OC4CNC4)ccc3Cl)sc2c1. The number of thiazole rings is 1. The fourth-order valence-electron chi connectivity index (χ4n) is 2.78. The third-order valence-corrected chi connectivity index (χ3v) is 6.84. The van der Waals surface area contributed by atoms with E-state index in [2.05, 4.69) is 20.9 Å². The lowest BCUT2D eigenvalue weighted by molar-refractivity contribution is 0.0965. The zero-order valence-electron chi connectivity index (χ0n) is 16.1. The number of anilines is 1. The second-order valence-electron chi connectivity index (χ2n) is 6.87. The van der Waals surface area contributed by atoms with Crippen molar-refractivity contribution in [3.8, 4) is 5.75 Å². The molecule has 0 spiro atoms. The number of hydrogen-bond donors (Lipinski definition) is 3. The number of halogens is 1. The summed E-state index contributed by atoms with van der Waals surface area (Å²) in [4.78, 5) is 29.2. The summed E-state index contributed by atoms with van der Waals surface area (Å²) in [5.41, 5.74) is 0.626. The van der Waals surface area contributed by atoms with Crippen LogP contribution in [0.3, 0.4) is 0 Å². The van der Waals surface area contributed by atoms with Gasteiger partial charge in [-0.05, 0) is 36.4 Å². The Morgan fingerprint density at radius 1 is 1.23 bits per heavy atom. The number of ether oxygens (including phenoxy) is 1. The summed E-state index contributed by atoms with van der Waals surface area (Å²) < 4.78 is 29.7. The molecular formula is C19H17ClN4O5S2. The maximum absolute atomic E-state index is 12.5. The first-order valence-electron chi connectivity index (χ1n) is 9.09. The van der Waals surface area contributed by atoms with Crippen molar-refractivity contribution >= 4 is 60.1 Å². The molecule has 0 aliphatic carbocycles. The molecule has 31 heavy (non-hydrogen) atoms. The first-order valence-corrected chi connectivity index (χ1v) is 12.2. The quantitative estimate of drug-likeness (QED) is 0.512. The molecular weight excluding hydrogens is 464 g/mol. The van der Waals surface area contributed by atoms with Crippen molar-refractivity contribution in [3.63, 3.8) is 0 Å². The van der Waals surface area contributed by atoms with Crippen LogP contribution in [-0.4, -0.2) is 50.8 Å². The van der Waals surface area contributed by atoms with Crippen LogP contribution in [0.5, 0.6) is 5.75 Å². The third kappa shape index (κ3) is 4.96. The molecule has 3 N–H and O–H groups in total. The average Bonchev–Trinajstić information content (AvgIpc) is 3.06. The normalized spacial score (nSPS) is 14.1. The van der Waals surface area contributed by atoms with Gasteiger partial charge in [0.1, 0.15) is 11.9 Å². The summed E-state index contributed by atoms with van der Waals surface area (Å²) in [6, 6.07) is 8.36. The summed E-state index contributed by atoms with van der Waals surface area (Å²) in [6.45, 7) is 1.45. The maximum Gasteiger partial charge on any atom is 0.327 e. The summed E-state index contributed by atoms with van der Waals surface area (Å²) in [7, 11) is -3.36. The van der Waals surface area contributed by atoms with E-state index < -0.39 is 21.8 Å². The van der Waals surface area contributed by atoms with E-state index in [9.17, 15) is 18.0 Å². The van der Waals surface area contributed by atoms with Crippen LogP contribution in [0.15, 0.2) is 41.3 Å². The van der Waals surface area contributed by atoms with Crippen molar-refractivity contribution in [1.82, 2.24) is 15.6 Å². The van der Waals surface area contributed by atoms with Crippen LogP contribution in [0.1, 0.15) is 10.4 Å². The van der Waals surface area contributed by atoms with Gasteiger partial charge < -0.3 is 10.1 Å². The predicted octanol–water partition coefficient (Wildman–Crippen LogP) is 2.67. The highest BCUT2D eigenvalue weighted by molar-refractivity contribution is 7.90.